The molecule has 1 aliphatic carbocycles. The van der Waals surface area contributed by atoms with Crippen molar-refractivity contribution in [2.75, 3.05) is 13.2 Å². The minimum absolute atomic E-state index is 0.0721. The number of alkyl carbamates (subject to hydrolysis) is 1. The summed E-state index contributed by atoms with van der Waals surface area (Å²) in [6, 6.07) is 20.4. The molecule has 0 saturated heterocycles. The van der Waals surface area contributed by atoms with E-state index >= 15 is 0 Å². The van der Waals surface area contributed by atoms with Gasteiger partial charge in [0.25, 0.3) is 0 Å². The van der Waals surface area contributed by atoms with Gasteiger partial charge in [-0.15, -0.1) is 0 Å². The molecule has 0 unspecified atom stereocenters. The lowest BCUT2D eigenvalue weighted by molar-refractivity contribution is 0.143. The van der Waals surface area contributed by atoms with Gasteiger partial charge >= 0.3 is 6.09 Å². The molecule has 4 heteroatoms. The Balaban J connectivity index is 1.29. The molecule has 4 nitrogen and oxygen atoms in total. The van der Waals surface area contributed by atoms with Crippen molar-refractivity contribution < 1.29 is 9.53 Å². The van der Waals surface area contributed by atoms with E-state index in [-0.39, 0.29) is 5.92 Å². The van der Waals surface area contributed by atoms with Crippen LogP contribution in [0.25, 0.3) is 11.1 Å². The summed E-state index contributed by atoms with van der Waals surface area (Å²) >= 11 is 0. The van der Waals surface area contributed by atoms with E-state index in [4.69, 9.17) is 4.74 Å². The number of aromatic nitrogens is 1. The minimum atomic E-state index is -0.409. The average molecular weight is 382 g/mol. The number of benzene rings is 2. The highest BCUT2D eigenvalue weighted by Crippen LogP contribution is 2.44. The van der Waals surface area contributed by atoms with Crippen LogP contribution in [0.4, 0.5) is 4.79 Å². The number of nitrogens with one attached hydrogen (secondary N) is 1. The van der Waals surface area contributed by atoms with Gasteiger partial charge in [0, 0.05) is 36.3 Å². The van der Waals surface area contributed by atoms with Crippen molar-refractivity contribution in [3.8, 4) is 23.0 Å². The molecule has 1 aromatic heterocycles. The van der Waals surface area contributed by atoms with Gasteiger partial charge < -0.3 is 10.1 Å². The third-order valence-electron chi connectivity index (χ3n) is 4.99. The summed E-state index contributed by atoms with van der Waals surface area (Å²) in [6.45, 7) is 2.71. The number of aryl methyl sites for hydroxylation is 1. The quantitative estimate of drug-likeness (QED) is 0.527. The molecule has 144 valence electrons. The summed E-state index contributed by atoms with van der Waals surface area (Å²) in [7, 11) is 0. The molecule has 2 aromatic carbocycles. The average Bonchev–Trinajstić information content (AvgIpc) is 3.06. The Kier molecular flexibility index (Phi) is 5.58. The lowest BCUT2D eigenvalue weighted by Crippen LogP contribution is -2.26. The monoisotopic (exact) mass is 382 g/mol. The van der Waals surface area contributed by atoms with E-state index in [2.05, 4.69) is 46.4 Å². The van der Waals surface area contributed by atoms with E-state index in [9.17, 15) is 4.79 Å². The summed E-state index contributed by atoms with van der Waals surface area (Å²) < 4.78 is 5.51. The van der Waals surface area contributed by atoms with Crippen molar-refractivity contribution in [1.82, 2.24) is 10.3 Å². The Hall–Kier alpha value is -3.58. The van der Waals surface area contributed by atoms with Gasteiger partial charge in [0.2, 0.25) is 0 Å². The topological polar surface area (TPSA) is 51.2 Å². The molecule has 3 aromatic rings. The highest BCUT2D eigenvalue weighted by molar-refractivity contribution is 5.79. The molecule has 0 atom stereocenters. The molecule has 4 rings (SSSR count). The molecular formula is C25H22N2O2. The van der Waals surface area contributed by atoms with Crippen molar-refractivity contribution >= 4 is 6.09 Å². The van der Waals surface area contributed by atoms with Crippen molar-refractivity contribution in [3.05, 3.63) is 89.2 Å². The molecule has 0 saturated carbocycles. The first-order valence-corrected chi connectivity index (χ1v) is 9.73. The molecule has 1 heterocycles. The number of amides is 1. The molecule has 0 radical (unpaired) electrons. The van der Waals surface area contributed by atoms with Gasteiger partial charge in [-0.1, -0.05) is 60.4 Å². The first kappa shape index (κ1) is 18.8. The van der Waals surface area contributed by atoms with Crippen LogP contribution in [0.5, 0.6) is 0 Å². The summed E-state index contributed by atoms with van der Waals surface area (Å²) in [6.07, 6.45) is 1.90. The minimum Gasteiger partial charge on any atom is -0.449 e. The Bertz CT molecular complexity index is 1050. The van der Waals surface area contributed by atoms with Crippen LogP contribution in [0.2, 0.25) is 0 Å². The van der Waals surface area contributed by atoms with E-state index in [0.717, 1.165) is 11.3 Å². The van der Waals surface area contributed by atoms with E-state index in [1.165, 1.54) is 22.3 Å². The molecule has 1 aliphatic rings. The maximum absolute atomic E-state index is 12.1. The fourth-order valence-corrected chi connectivity index (χ4v) is 3.66. The summed E-state index contributed by atoms with van der Waals surface area (Å²) in [5.74, 6) is 6.21. The summed E-state index contributed by atoms with van der Waals surface area (Å²) in [5.41, 5.74) is 6.73. The molecule has 0 aliphatic heterocycles. The predicted octanol–water partition coefficient (Wildman–Crippen LogP) is 4.67. The number of fused-ring (bicyclic) bond motifs is 3. The number of hydrogen-bond donors (Lipinski definition) is 1. The highest BCUT2D eigenvalue weighted by atomic mass is 16.5. The first-order chi connectivity index (χ1) is 14.2. The zero-order valence-electron chi connectivity index (χ0n) is 16.3. The molecule has 1 amide bonds. The Morgan fingerprint density at radius 3 is 2.45 bits per heavy atom. The summed E-state index contributed by atoms with van der Waals surface area (Å²) in [5, 5.41) is 2.78. The van der Waals surface area contributed by atoms with E-state index < -0.39 is 6.09 Å². The fraction of sp³-hybridized carbons (Fsp3) is 0.200. The highest BCUT2D eigenvalue weighted by Gasteiger charge is 2.28. The number of rotatable bonds is 4. The second kappa shape index (κ2) is 8.62. The second-order valence-corrected chi connectivity index (χ2v) is 6.99. The van der Waals surface area contributed by atoms with Crippen LogP contribution in [0, 0.1) is 18.8 Å². The van der Waals surface area contributed by atoms with Gasteiger partial charge in [-0.2, -0.15) is 0 Å². The Labute approximate surface area is 171 Å². The molecule has 0 spiro atoms. The smallest absolute Gasteiger partial charge is 0.407 e. The van der Waals surface area contributed by atoms with Crippen LogP contribution in [0.3, 0.4) is 0 Å². The van der Waals surface area contributed by atoms with Gasteiger partial charge in [0.1, 0.15) is 6.61 Å². The standard InChI is InChI=1S/C25H22N2O2/c1-18-16-19(13-15-26-18)8-6-7-14-27-25(28)29-17-24-22-11-4-2-9-20(22)21-10-3-5-12-23(21)24/h2-5,9-13,15-16,24H,7,14,17H2,1H3,(H,27,28). The van der Waals surface area contributed by atoms with Crippen molar-refractivity contribution in [2.45, 2.75) is 19.3 Å². The number of pyridine rings is 1. The number of hydrogen-bond acceptors (Lipinski definition) is 3. The lowest BCUT2D eigenvalue weighted by Gasteiger charge is -2.14. The van der Waals surface area contributed by atoms with Gasteiger partial charge in [-0.3, -0.25) is 4.98 Å². The zero-order chi connectivity index (χ0) is 20.1. The number of ether oxygens (including phenoxy) is 1. The van der Waals surface area contributed by atoms with Gasteiger partial charge in [-0.05, 0) is 41.3 Å². The van der Waals surface area contributed by atoms with E-state index in [1.54, 1.807) is 6.20 Å². The lowest BCUT2D eigenvalue weighted by atomic mass is 9.98. The van der Waals surface area contributed by atoms with Gasteiger partial charge in [0.15, 0.2) is 0 Å². The van der Waals surface area contributed by atoms with Crippen LogP contribution in [0.15, 0.2) is 66.9 Å². The number of carbonyl (C=O) groups excluding carboxylic acids is 1. The third kappa shape index (κ3) is 4.30. The fourth-order valence-electron chi connectivity index (χ4n) is 3.66. The van der Waals surface area contributed by atoms with Crippen molar-refractivity contribution in [2.24, 2.45) is 0 Å². The van der Waals surface area contributed by atoms with Crippen LogP contribution in [0.1, 0.15) is 34.7 Å². The maximum atomic E-state index is 12.1. The number of nitrogens with zero attached hydrogens (tertiary/aromatic N) is 1. The van der Waals surface area contributed by atoms with Crippen LogP contribution < -0.4 is 5.32 Å². The maximum Gasteiger partial charge on any atom is 0.407 e. The molecule has 0 fully saturated rings. The largest absolute Gasteiger partial charge is 0.449 e. The first-order valence-electron chi connectivity index (χ1n) is 9.73. The van der Waals surface area contributed by atoms with E-state index in [0.29, 0.717) is 19.6 Å². The van der Waals surface area contributed by atoms with Crippen molar-refractivity contribution in [1.29, 1.82) is 0 Å². The SMILES string of the molecule is Cc1cc(C#CCCNC(=O)OCC2c3ccccc3-c3ccccc32)ccn1. The molecule has 0 bridgehead atoms. The summed E-state index contributed by atoms with van der Waals surface area (Å²) in [4.78, 5) is 16.3. The molecular weight excluding hydrogens is 360 g/mol. The zero-order valence-corrected chi connectivity index (χ0v) is 16.3. The van der Waals surface area contributed by atoms with E-state index in [1.807, 2.05) is 43.3 Å². The van der Waals surface area contributed by atoms with Crippen LogP contribution in [-0.2, 0) is 4.74 Å². The Morgan fingerprint density at radius 2 is 1.76 bits per heavy atom. The van der Waals surface area contributed by atoms with Gasteiger partial charge in [-0.25, -0.2) is 4.79 Å². The van der Waals surface area contributed by atoms with Crippen molar-refractivity contribution in [3.63, 3.8) is 0 Å². The van der Waals surface area contributed by atoms with Crippen LogP contribution >= 0.6 is 0 Å². The second-order valence-electron chi connectivity index (χ2n) is 6.99. The number of carbonyl (C=O) groups is 1. The third-order valence-corrected chi connectivity index (χ3v) is 4.99. The Morgan fingerprint density at radius 1 is 1.07 bits per heavy atom. The molecule has 1 N–H and O–H groups in total. The van der Waals surface area contributed by atoms with Crippen LogP contribution in [-0.4, -0.2) is 24.2 Å². The normalized spacial score (nSPS) is 11.8. The molecule has 29 heavy (non-hydrogen) atoms. The van der Waals surface area contributed by atoms with Gasteiger partial charge in [0.05, 0.1) is 0 Å². The predicted molar refractivity (Wildman–Crippen MR) is 114 cm³/mol.